The second-order valence-corrected chi connectivity index (χ2v) is 6.14. The van der Waals surface area contributed by atoms with Gasteiger partial charge in [0.1, 0.15) is 11.9 Å². The van der Waals surface area contributed by atoms with Gasteiger partial charge in [-0.15, -0.1) is 0 Å². The Balaban J connectivity index is 1.55. The summed E-state index contributed by atoms with van der Waals surface area (Å²) in [6.07, 6.45) is 2.57. The zero-order chi connectivity index (χ0) is 19.2. The summed E-state index contributed by atoms with van der Waals surface area (Å²) in [7, 11) is 1.55. The van der Waals surface area contributed by atoms with Gasteiger partial charge >= 0.3 is 0 Å². The van der Waals surface area contributed by atoms with Gasteiger partial charge in [0.2, 0.25) is 0 Å². The highest BCUT2D eigenvalue weighted by atomic mass is 16.5. The second-order valence-electron chi connectivity index (χ2n) is 6.14. The van der Waals surface area contributed by atoms with Crippen molar-refractivity contribution in [2.75, 3.05) is 13.7 Å². The predicted octanol–water partition coefficient (Wildman–Crippen LogP) is 3.01. The molecule has 6 nitrogen and oxygen atoms in total. The first kappa shape index (κ1) is 18.5. The second kappa shape index (κ2) is 8.42. The fraction of sp³-hybridized carbons (Fsp3) is 0.190. The van der Waals surface area contributed by atoms with E-state index in [0.717, 1.165) is 22.5 Å². The molecule has 1 amide bonds. The zero-order valence-corrected chi connectivity index (χ0v) is 15.0. The highest BCUT2D eigenvalue weighted by Crippen LogP contribution is 2.20. The average molecular weight is 366 g/mol. The molecule has 1 heterocycles. The minimum atomic E-state index is -1.09. The largest absolute Gasteiger partial charge is 0.503 e. The van der Waals surface area contributed by atoms with Gasteiger partial charge in [-0.2, -0.15) is 0 Å². The highest BCUT2D eigenvalue weighted by molar-refractivity contribution is 5.91. The van der Waals surface area contributed by atoms with Crippen LogP contribution in [0.1, 0.15) is 17.2 Å². The smallest absolute Gasteiger partial charge is 0.285 e. The number of carbonyl (C=O) groups is 1. The van der Waals surface area contributed by atoms with E-state index in [-0.39, 0.29) is 0 Å². The quantitative estimate of drug-likeness (QED) is 0.382. The van der Waals surface area contributed by atoms with Crippen LogP contribution in [0.25, 0.3) is 10.9 Å². The Bertz CT molecular complexity index is 944. The molecule has 0 aliphatic heterocycles. The van der Waals surface area contributed by atoms with E-state index in [1.54, 1.807) is 31.4 Å². The summed E-state index contributed by atoms with van der Waals surface area (Å²) in [5, 5.41) is 23.8. The number of benzene rings is 2. The van der Waals surface area contributed by atoms with Crippen molar-refractivity contribution >= 4 is 16.8 Å². The van der Waals surface area contributed by atoms with Crippen LogP contribution >= 0.6 is 0 Å². The maximum Gasteiger partial charge on any atom is 0.285 e. The first-order valence-corrected chi connectivity index (χ1v) is 8.64. The molecule has 0 saturated carbocycles. The Morgan fingerprint density at radius 3 is 2.70 bits per heavy atom. The molecule has 27 heavy (non-hydrogen) atoms. The molecule has 2 aromatic carbocycles. The molecule has 1 unspecified atom stereocenters. The number of aliphatic hydroxyl groups is 2. The molecule has 0 saturated heterocycles. The number of nitrogens with one attached hydrogen (secondary N) is 2. The number of fused-ring (bicyclic) bond motifs is 1. The Hall–Kier alpha value is -3.25. The zero-order valence-electron chi connectivity index (χ0n) is 15.0. The van der Waals surface area contributed by atoms with Gasteiger partial charge in [-0.25, -0.2) is 0 Å². The van der Waals surface area contributed by atoms with Gasteiger partial charge in [-0.05, 0) is 41.8 Å². The third-order valence-corrected chi connectivity index (χ3v) is 4.36. The van der Waals surface area contributed by atoms with E-state index in [1.165, 1.54) is 0 Å². The topological polar surface area (TPSA) is 94.6 Å². The van der Waals surface area contributed by atoms with Gasteiger partial charge in [0.05, 0.1) is 7.11 Å². The van der Waals surface area contributed by atoms with Crippen molar-refractivity contribution in [3.05, 3.63) is 77.7 Å². The van der Waals surface area contributed by atoms with Crippen molar-refractivity contribution < 1.29 is 19.7 Å². The SMILES string of the molecule is COc1ccc(C(O)/C=C(\O)C(=O)NCCc2c[nH]c3ccccc23)cc1. The average Bonchev–Trinajstić information content (AvgIpc) is 3.11. The van der Waals surface area contributed by atoms with Crippen molar-refractivity contribution in [1.82, 2.24) is 10.3 Å². The van der Waals surface area contributed by atoms with Gasteiger partial charge in [-0.3, -0.25) is 4.79 Å². The lowest BCUT2D eigenvalue weighted by Gasteiger charge is -2.09. The summed E-state index contributed by atoms with van der Waals surface area (Å²) in [6.45, 7) is 0.372. The van der Waals surface area contributed by atoms with Crippen LogP contribution in [0.2, 0.25) is 0 Å². The number of H-pyrrole nitrogens is 1. The van der Waals surface area contributed by atoms with Gasteiger partial charge in [-0.1, -0.05) is 30.3 Å². The molecule has 0 bridgehead atoms. The van der Waals surface area contributed by atoms with Crippen LogP contribution in [0.5, 0.6) is 5.75 Å². The number of hydrogen-bond donors (Lipinski definition) is 4. The van der Waals surface area contributed by atoms with Gasteiger partial charge < -0.3 is 25.3 Å². The third kappa shape index (κ3) is 4.48. The minimum Gasteiger partial charge on any atom is -0.503 e. The Morgan fingerprint density at radius 1 is 1.22 bits per heavy atom. The van der Waals surface area contributed by atoms with Gasteiger partial charge in [0, 0.05) is 23.6 Å². The number of methoxy groups -OCH3 is 1. The number of rotatable bonds is 7. The fourth-order valence-corrected chi connectivity index (χ4v) is 2.86. The molecule has 6 heteroatoms. The van der Waals surface area contributed by atoms with Crippen molar-refractivity contribution in [3.8, 4) is 5.75 Å². The van der Waals surface area contributed by atoms with E-state index in [2.05, 4.69) is 10.3 Å². The molecule has 0 radical (unpaired) electrons. The van der Waals surface area contributed by atoms with Gasteiger partial charge in [0.25, 0.3) is 5.91 Å². The number of amides is 1. The van der Waals surface area contributed by atoms with Crippen LogP contribution in [0.3, 0.4) is 0 Å². The maximum atomic E-state index is 12.0. The Morgan fingerprint density at radius 2 is 1.96 bits per heavy atom. The summed E-state index contributed by atoms with van der Waals surface area (Å²) in [6, 6.07) is 14.7. The number of hydrogen-bond acceptors (Lipinski definition) is 4. The van der Waals surface area contributed by atoms with E-state index in [1.807, 2.05) is 30.5 Å². The van der Waals surface area contributed by atoms with E-state index < -0.39 is 17.8 Å². The maximum absolute atomic E-state index is 12.0. The van der Waals surface area contributed by atoms with E-state index in [9.17, 15) is 15.0 Å². The normalized spacial score (nSPS) is 12.7. The Kier molecular flexibility index (Phi) is 5.78. The molecule has 0 aliphatic rings. The van der Waals surface area contributed by atoms with Crippen molar-refractivity contribution in [2.24, 2.45) is 0 Å². The Labute approximate surface area is 157 Å². The summed E-state index contributed by atoms with van der Waals surface area (Å²) >= 11 is 0. The number of carbonyl (C=O) groups excluding carboxylic acids is 1. The highest BCUT2D eigenvalue weighted by Gasteiger charge is 2.12. The van der Waals surface area contributed by atoms with Crippen molar-refractivity contribution in [1.29, 1.82) is 0 Å². The van der Waals surface area contributed by atoms with Crippen molar-refractivity contribution in [3.63, 3.8) is 0 Å². The van der Waals surface area contributed by atoms with Crippen molar-refractivity contribution in [2.45, 2.75) is 12.5 Å². The van der Waals surface area contributed by atoms with E-state index >= 15 is 0 Å². The van der Waals surface area contributed by atoms with Crippen LogP contribution in [0, 0.1) is 0 Å². The van der Waals surface area contributed by atoms with Gasteiger partial charge in [0.15, 0.2) is 5.76 Å². The number of ether oxygens (including phenoxy) is 1. The fourth-order valence-electron chi connectivity index (χ4n) is 2.86. The number of aromatic nitrogens is 1. The van der Waals surface area contributed by atoms with Crippen LogP contribution in [-0.2, 0) is 11.2 Å². The molecule has 0 spiro atoms. The molecule has 3 aromatic rings. The summed E-state index contributed by atoms with van der Waals surface area (Å²) in [4.78, 5) is 15.2. The lowest BCUT2D eigenvalue weighted by atomic mass is 10.1. The number of aromatic amines is 1. The number of aliphatic hydroxyl groups excluding tert-OH is 2. The lowest BCUT2D eigenvalue weighted by molar-refractivity contribution is -0.120. The predicted molar refractivity (Wildman–Crippen MR) is 104 cm³/mol. The molecular formula is C21H22N2O4. The first-order chi connectivity index (χ1) is 13.1. The van der Waals surface area contributed by atoms with Crippen LogP contribution in [0.15, 0.2) is 66.6 Å². The molecule has 0 fully saturated rings. The minimum absolute atomic E-state index is 0.372. The summed E-state index contributed by atoms with van der Waals surface area (Å²) in [5.74, 6) is -0.478. The van der Waals surface area contributed by atoms with E-state index in [0.29, 0.717) is 24.3 Å². The summed E-state index contributed by atoms with van der Waals surface area (Å²) < 4.78 is 5.06. The van der Waals surface area contributed by atoms with Crippen LogP contribution in [0.4, 0.5) is 0 Å². The molecule has 140 valence electrons. The number of para-hydroxylation sites is 1. The first-order valence-electron chi connectivity index (χ1n) is 8.64. The molecule has 3 rings (SSSR count). The third-order valence-electron chi connectivity index (χ3n) is 4.36. The standard InChI is InChI=1S/C21H22N2O4/c1-27-16-8-6-14(7-9-16)19(24)12-20(25)21(26)22-11-10-15-13-23-18-5-3-2-4-17(15)18/h2-9,12-13,19,23-25H,10-11H2,1H3,(H,22,26)/b20-12-. The van der Waals surface area contributed by atoms with Crippen LogP contribution in [-0.4, -0.2) is 34.8 Å². The molecule has 1 aromatic heterocycles. The van der Waals surface area contributed by atoms with Crippen LogP contribution < -0.4 is 10.1 Å². The molecule has 4 N–H and O–H groups in total. The lowest BCUT2D eigenvalue weighted by Crippen LogP contribution is -2.27. The summed E-state index contributed by atoms with van der Waals surface area (Å²) in [5.41, 5.74) is 2.69. The molecule has 0 aliphatic carbocycles. The van der Waals surface area contributed by atoms with E-state index in [4.69, 9.17) is 4.74 Å². The monoisotopic (exact) mass is 366 g/mol. The molecule has 1 atom stereocenters. The molecular weight excluding hydrogens is 344 g/mol.